The largest absolute Gasteiger partial charge is 0.351 e. The molecule has 0 saturated heterocycles. The van der Waals surface area contributed by atoms with Crippen molar-refractivity contribution < 1.29 is 4.79 Å². The number of carbonyl (C=O) groups is 1. The Morgan fingerprint density at radius 1 is 1.16 bits per heavy atom. The highest BCUT2D eigenvalue weighted by Gasteiger charge is 2.16. The highest BCUT2D eigenvalue weighted by Crippen LogP contribution is 2.18. The molecule has 0 atom stereocenters. The summed E-state index contributed by atoms with van der Waals surface area (Å²) in [5.74, 6) is 0.109. The van der Waals surface area contributed by atoms with Crippen molar-refractivity contribution in [1.82, 2.24) is 9.88 Å². The maximum absolute atomic E-state index is 12.5. The molecule has 0 fully saturated rings. The van der Waals surface area contributed by atoms with Crippen LogP contribution in [-0.4, -0.2) is 28.9 Å². The van der Waals surface area contributed by atoms with E-state index >= 15 is 0 Å². The van der Waals surface area contributed by atoms with Crippen LogP contribution in [0.1, 0.15) is 42.7 Å². The van der Waals surface area contributed by atoms with Crippen LogP contribution in [0.2, 0.25) is 0 Å². The molecule has 19 heavy (non-hydrogen) atoms. The third kappa shape index (κ3) is 2.98. The van der Waals surface area contributed by atoms with Gasteiger partial charge < -0.3 is 9.88 Å². The summed E-state index contributed by atoms with van der Waals surface area (Å²) in [7, 11) is 0. The zero-order valence-corrected chi connectivity index (χ0v) is 12.0. The minimum Gasteiger partial charge on any atom is -0.351 e. The normalized spacial score (nSPS) is 10.9. The predicted molar refractivity (Wildman–Crippen MR) is 79.5 cm³/mol. The van der Waals surface area contributed by atoms with Gasteiger partial charge in [0, 0.05) is 24.0 Å². The highest BCUT2D eigenvalue weighted by molar-refractivity contribution is 5.98. The Kier molecular flexibility index (Phi) is 4.25. The molecule has 0 spiro atoms. The lowest BCUT2D eigenvalue weighted by Crippen LogP contribution is -2.32. The molecule has 0 aliphatic heterocycles. The Morgan fingerprint density at radius 3 is 2.47 bits per heavy atom. The molecule has 102 valence electrons. The van der Waals surface area contributed by atoms with E-state index in [2.05, 4.69) is 44.0 Å². The average Bonchev–Trinajstić information content (AvgIpc) is 2.80. The second-order valence-corrected chi connectivity index (χ2v) is 5.07. The van der Waals surface area contributed by atoms with E-state index in [0.717, 1.165) is 36.8 Å². The third-order valence-corrected chi connectivity index (χ3v) is 3.28. The molecule has 1 amide bonds. The van der Waals surface area contributed by atoms with Crippen molar-refractivity contribution in [2.24, 2.45) is 0 Å². The molecule has 1 aromatic carbocycles. The van der Waals surface area contributed by atoms with E-state index < -0.39 is 0 Å². The van der Waals surface area contributed by atoms with Gasteiger partial charge in [0.1, 0.15) is 5.69 Å². The van der Waals surface area contributed by atoms with Gasteiger partial charge in [-0.1, -0.05) is 26.0 Å². The molecule has 0 radical (unpaired) electrons. The molecule has 3 nitrogen and oxygen atoms in total. The fraction of sp³-hybridized carbons (Fsp3) is 0.438. The van der Waals surface area contributed by atoms with Crippen molar-refractivity contribution >= 4 is 16.8 Å². The van der Waals surface area contributed by atoms with Crippen LogP contribution in [0.15, 0.2) is 24.3 Å². The van der Waals surface area contributed by atoms with Crippen LogP contribution in [0.5, 0.6) is 0 Å². The van der Waals surface area contributed by atoms with Crippen LogP contribution in [0.25, 0.3) is 10.9 Å². The molecule has 0 saturated carbocycles. The van der Waals surface area contributed by atoms with Crippen molar-refractivity contribution in [3.63, 3.8) is 0 Å². The number of aryl methyl sites for hydroxylation is 1. The summed E-state index contributed by atoms with van der Waals surface area (Å²) in [5, 5.41) is 1.10. The minimum atomic E-state index is 0.109. The zero-order chi connectivity index (χ0) is 13.8. The number of nitrogens with one attached hydrogen (secondary N) is 1. The van der Waals surface area contributed by atoms with Gasteiger partial charge in [-0.3, -0.25) is 4.79 Å². The molecule has 3 heteroatoms. The van der Waals surface area contributed by atoms with Crippen molar-refractivity contribution in [1.29, 1.82) is 0 Å². The molecule has 1 heterocycles. The number of benzene rings is 1. The standard InChI is InChI=1S/C16H22N2O/c1-4-8-18(9-5-2)16(19)15-11-13-7-6-12(3)10-14(13)17-15/h6-7,10-11,17H,4-5,8-9H2,1-3H3. The Bertz CT molecular complexity index is 565. The van der Waals surface area contributed by atoms with Gasteiger partial charge in [0.25, 0.3) is 5.91 Å². The second kappa shape index (κ2) is 5.91. The summed E-state index contributed by atoms with van der Waals surface area (Å²) in [6.07, 6.45) is 1.98. The highest BCUT2D eigenvalue weighted by atomic mass is 16.2. The predicted octanol–water partition coefficient (Wildman–Crippen LogP) is 3.74. The number of hydrogen-bond acceptors (Lipinski definition) is 1. The van der Waals surface area contributed by atoms with Crippen LogP contribution >= 0.6 is 0 Å². The zero-order valence-electron chi connectivity index (χ0n) is 12.0. The van der Waals surface area contributed by atoms with Crippen LogP contribution in [-0.2, 0) is 0 Å². The van der Waals surface area contributed by atoms with Crippen LogP contribution < -0.4 is 0 Å². The summed E-state index contributed by atoms with van der Waals surface area (Å²) in [5.41, 5.74) is 2.94. The van der Waals surface area contributed by atoms with Gasteiger partial charge in [0.2, 0.25) is 0 Å². The summed E-state index contributed by atoms with van der Waals surface area (Å²) < 4.78 is 0. The smallest absolute Gasteiger partial charge is 0.270 e. The van der Waals surface area contributed by atoms with E-state index in [1.807, 2.05) is 11.0 Å². The van der Waals surface area contributed by atoms with Gasteiger partial charge in [-0.05, 0) is 37.5 Å². The molecule has 1 N–H and O–H groups in total. The van der Waals surface area contributed by atoms with Crippen molar-refractivity contribution in [2.75, 3.05) is 13.1 Å². The molecule has 0 aliphatic carbocycles. The first-order valence-corrected chi connectivity index (χ1v) is 7.04. The lowest BCUT2D eigenvalue weighted by molar-refractivity contribution is 0.0750. The van der Waals surface area contributed by atoms with Crippen molar-refractivity contribution in [3.8, 4) is 0 Å². The minimum absolute atomic E-state index is 0.109. The quantitative estimate of drug-likeness (QED) is 0.871. The number of rotatable bonds is 5. The lowest BCUT2D eigenvalue weighted by Gasteiger charge is -2.20. The van der Waals surface area contributed by atoms with E-state index in [0.29, 0.717) is 5.69 Å². The lowest BCUT2D eigenvalue weighted by atomic mass is 10.2. The Morgan fingerprint density at radius 2 is 1.84 bits per heavy atom. The van der Waals surface area contributed by atoms with Gasteiger partial charge in [-0.15, -0.1) is 0 Å². The van der Waals surface area contributed by atoms with Crippen LogP contribution in [0.3, 0.4) is 0 Å². The topological polar surface area (TPSA) is 36.1 Å². The molecular formula is C16H22N2O. The fourth-order valence-corrected chi connectivity index (χ4v) is 2.38. The Balaban J connectivity index is 2.29. The molecule has 1 aromatic heterocycles. The summed E-state index contributed by atoms with van der Waals surface area (Å²) in [4.78, 5) is 17.6. The average molecular weight is 258 g/mol. The summed E-state index contributed by atoms with van der Waals surface area (Å²) in [6, 6.07) is 8.16. The number of aromatic nitrogens is 1. The first-order valence-electron chi connectivity index (χ1n) is 7.04. The second-order valence-electron chi connectivity index (χ2n) is 5.07. The van der Waals surface area contributed by atoms with Gasteiger partial charge in [-0.25, -0.2) is 0 Å². The number of nitrogens with zero attached hydrogens (tertiary/aromatic N) is 1. The van der Waals surface area contributed by atoms with Crippen molar-refractivity contribution in [3.05, 3.63) is 35.5 Å². The number of hydrogen-bond donors (Lipinski definition) is 1. The van der Waals surface area contributed by atoms with Gasteiger partial charge >= 0.3 is 0 Å². The number of aromatic amines is 1. The van der Waals surface area contributed by atoms with Crippen LogP contribution in [0, 0.1) is 6.92 Å². The van der Waals surface area contributed by atoms with E-state index in [1.54, 1.807) is 0 Å². The van der Waals surface area contributed by atoms with E-state index in [4.69, 9.17) is 0 Å². The maximum atomic E-state index is 12.5. The van der Waals surface area contributed by atoms with E-state index in [9.17, 15) is 4.79 Å². The fourth-order valence-electron chi connectivity index (χ4n) is 2.38. The van der Waals surface area contributed by atoms with Gasteiger partial charge in [0.15, 0.2) is 0 Å². The van der Waals surface area contributed by atoms with Crippen LogP contribution in [0.4, 0.5) is 0 Å². The molecule has 2 aromatic rings. The van der Waals surface area contributed by atoms with E-state index in [1.165, 1.54) is 5.56 Å². The number of carbonyl (C=O) groups excluding carboxylic acids is 1. The Hall–Kier alpha value is -1.77. The number of amides is 1. The van der Waals surface area contributed by atoms with Crippen molar-refractivity contribution in [2.45, 2.75) is 33.6 Å². The van der Waals surface area contributed by atoms with E-state index in [-0.39, 0.29) is 5.91 Å². The molecular weight excluding hydrogens is 236 g/mol. The number of H-pyrrole nitrogens is 1. The SMILES string of the molecule is CCCN(CCC)C(=O)c1cc2ccc(C)cc2[nH]1. The summed E-state index contributed by atoms with van der Waals surface area (Å²) >= 11 is 0. The Labute approximate surface area is 114 Å². The monoisotopic (exact) mass is 258 g/mol. The first kappa shape index (κ1) is 13.7. The number of fused-ring (bicyclic) bond motifs is 1. The molecule has 0 aliphatic rings. The third-order valence-electron chi connectivity index (χ3n) is 3.28. The maximum Gasteiger partial charge on any atom is 0.270 e. The molecule has 0 unspecified atom stereocenters. The van der Waals surface area contributed by atoms with Gasteiger partial charge in [0.05, 0.1) is 0 Å². The summed E-state index contributed by atoms with van der Waals surface area (Å²) in [6.45, 7) is 7.90. The molecule has 2 rings (SSSR count). The van der Waals surface area contributed by atoms with Gasteiger partial charge in [-0.2, -0.15) is 0 Å². The molecule has 0 bridgehead atoms. The first-order chi connectivity index (χ1) is 9.15.